The van der Waals surface area contributed by atoms with E-state index >= 15 is 0 Å². The van der Waals surface area contributed by atoms with Crippen LogP contribution in [0, 0.1) is 0 Å². The highest BCUT2D eigenvalue weighted by Crippen LogP contribution is 2.45. The maximum absolute atomic E-state index is 6.37. The summed E-state index contributed by atoms with van der Waals surface area (Å²) in [6, 6.07) is 5.08. The van der Waals surface area contributed by atoms with Gasteiger partial charge < -0.3 is 0 Å². The van der Waals surface area contributed by atoms with Crippen molar-refractivity contribution >= 4 is 34.8 Å². The van der Waals surface area contributed by atoms with Crippen molar-refractivity contribution in [2.24, 2.45) is 0 Å². The van der Waals surface area contributed by atoms with Crippen LogP contribution in [0.4, 0.5) is 0 Å². The monoisotopic (exact) mass is 303 g/mol. The molecule has 2 aliphatic heterocycles. The minimum Gasteiger partial charge on any atom is -0.293 e. The van der Waals surface area contributed by atoms with Crippen molar-refractivity contribution < 1.29 is 0 Å². The Balaban J connectivity index is 1.93. The first-order valence-corrected chi connectivity index (χ1v) is 7.71. The van der Waals surface area contributed by atoms with Crippen molar-refractivity contribution in [3.05, 3.63) is 32.8 Å². The van der Waals surface area contributed by atoms with E-state index in [0.29, 0.717) is 21.1 Å². The highest BCUT2D eigenvalue weighted by atomic mass is 35.5. The van der Waals surface area contributed by atoms with E-state index in [1.54, 1.807) is 0 Å². The second kappa shape index (κ2) is 5.20. The summed E-state index contributed by atoms with van der Waals surface area (Å²) in [6.45, 7) is 1.19. The number of halogens is 3. The van der Waals surface area contributed by atoms with Crippen LogP contribution in [-0.2, 0) is 0 Å². The van der Waals surface area contributed by atoms with E-state index in [9.17, 15) is 0 Å². The van der Waals surface area contributed by atoms with Gasteiger partial charge in [-0.25, -0.2) is 0 Å². The van der Waals surface area contributed by atoms with E-state index in [1.165, 1.54) is 38.6 Å². The van der Waals surface area contributed by atoms with E-state index < -0.39 is 0 Å². The van der Waals surface area contributed by atoms with Crippen molar-refractivity contribution in [2.75, 3.05) is 6.54 Å². The molecule has 2 aliphatic rings. The van der Waals surface area contributed by atoms with Gasteiger partial charge in [-0.2, -0.15) is 0 Å². The SMILES string of the molecule is Clc1ccc([C@H]2CC[C@H]3CCCCN32)c(Cl)c1Cl. The molecule has 0 aromatic heterocycles. The molecule has 18 heavy (non-hydrogen) atoms. The van der Waals surface area contributed by atoms with E-state index in [-0.39, 0.29) is 0 Å². The normalized spacial score (nSPS) is 28.4. The van der Waals surface area contributed by atoms with Gasteiger partial charge in [0.15, 0.2) is 0 Å². The van der Waals surface area contributed by atoms with Gasteiger partial charge in [-0.15, -0.1) is 0 Å². The molecule has 0 saturated carbocycles. The van der Waals surface area contributed by atoms with Gasteiger partial charge >= 0.3 is 0 Å². The largest absolute Gasteiger partial charge is 0.293 e. The van der Waals surface area contributed by atoms with Crippen LogP contribution in [0.1, 0.15) is 43.7 Å². The summed E-state index contributed by atoms with van der Waals surface area (Å²) in [5.41, 5.74) is 1.15. The van der Waals surface area contributed by atoms with Gasteiger partial charge in [-0.3, -0.25) is 4.90 Å². The van der Waals surface area contributed by atoms with Gasteiger partial charge in [-0.05, 0) is 43.9 Å². The Morgan fingerprint density at radius 3 is 2.61 bits per heavy atom. The topological polar surface area (TPSA) is 3.24 Å². The van der Waals surface area contributed by atoms with Crippen molar-refractivity contribution in [3.8, 4) is 0 Å². The Morgan fingerprint density at radius 1 is 0.944 bits per heavy atom. The Bertz CT molecular complexity index is 461. The summed E-state index contributed by atoms with van der Waals surface area (Å²) in [7, 11) is 0. The highest BCUT2D eigenvalue weighted by Gasteiger charge is 2.36. The summed E-state index contributed by atoms with van der Waals surface area (Å²) < 4.78 is 0. The van der Waals surface area contributed by atoms with Crippen LogP contribution in [0.3, 0.4) is 0 Å². The molecule has 2 saturated heterocycles. The molecule has 2 heterocycles. The van der Waals surface area contributed by atoms with E-state index in [2.05, 4.69) is 4.90 Å². The number of fused-ring (bicyclic) bond motifs is 1. The van der Waals surface area contributed by atoms with Gasteiger partial charge in [0, 0.05) is 12.1 Å². The van der Waals surface area contributed by atoms with Crippen LogP contribution >= 0.6 is 34.8 Å². The summed E-state index contributed by atoms with van der Waals surface area (Å²) in [5, 5.41) is 1.68. The number of piperidine rings is 1. The standard InChI is InChI=1S/C14H16Cl3N/c15-11-6-5-10(13(16)14(11)17)12-7-4-9-3-1-2-8-18(9)12/h5-6,9,12H,1-4,7-8H2/t9-,12-/m1/s1. The third kappa shape index (κ3) is 2.16. The zero-order valence-corrected chi connectivity index (χ0v) is 12.4. The smallest absolute Gasteiger partial charge is 0.0781 e. The second-order valence-corrected chi connectivity index (χ2v) is 6.41. The van der Waals surface area contributed by atoms with Gasteiger partial charge in [-0.1, -0.05) is 47.3 Å². The van der Waals surface area contributed by atoms with E-state index in [1.807, 2.05) is 12.1 Å². The first-order valence-electron chi connectivity index (χ1n) is 6.57. The van der Waals surface area contributed by atoms with E-state index in [4.69, 9.17) is 34.8 Å². The minimum absolute atomic E-state index is 0.428. The van der Waals surface area contributed by atoms with Crippen molar-refractivity contribution in [2.45, 2.75) is 44.2 Å². The number of nitrogens with zero attached hydrogens (tertiary/aromatic N) is 1. The highest BCUT2D eigenvalue weighted by molar-refractivity contribution is 6.48. The third-order valence-electron chi connectivity index (χ3n) is 4.27. The summed E-state index contributed by atoms with van der Waals surface area (Å²) in [6.07, 6.45) is 6.45. The fraction of sp³-hybridized carbons (Fsp3) is 0.571. The molecule has 1 aromatic rings. The predicted octanol–water partition coefficient (Wildman–Crippen LogP) is 5.34. The molecular formula is C14H16Cl3N. The summed E-state index contributed by atoms with van der Waals surface area (Å²) >= 11 is 18.5. The molecule has 4 heteroatoms. The van der Waals surface area contributed by atoms with Gasteiger partial charge in [0.25, 0.3) is 0 Å². The van der Waals surface area contributed by atoms with Crippen molar-refractivity contribution in [1.29, 1.82) is 0 Å². The molecule has 1 nitrogen and oxygen atoms in total. The van der Waals surface area contributed by atoms with Gasteiger partial charge in [0.05, 0.1) is 15.1 Å². The summed E-state index contributed by atoms with van der Waals surface area (Å²) in [5.74, 6) is 0. The molecule has 0 radical (unpaired) electrons. The Morgan fingerprint density at radius 2 is 1.78 bits per heavy atom. The average Bonchev–Trinajstić information content (AvgIpc) is 2.80. The molecule has 98 valence electrons. The molecule has 0 unspecified atom stereocenters. The van der Waals surface area contributed by atoms with Crippen LogP contribution in [0.25, 0.3) is 0 Å². The molecular weight excluding hydrogens is 289 g/mol. The Hall–Kier alpha value is 0.0500. The average molecular weight is 305 g/mol. The fourth-order valence-electron chi connectivity index (χ4n) is 3.39. The second-order valence-electron chi connectivity index (χ2n) is 5.25. The van der Waals surface area contributed by atoms with Crippen LogP contribution in [-0.4, -0.2) is 17.5 Å². The van der Waals surface area contributed by atoms with Crippen LogP contribution in [0.15, 0.2) is 12.1 Å². The third-order valence-corrected chi connectivity index (χ3v) is 5.58. The van der Waals surface area contributed by atoms with Gasteiger partial charge in [0.2, 0.25) is 0 Å². The zero-order valence-electron chi connectivity index (χ0n) is 10.1. The molecule has 2 atom stereocenters. The maximum Gasteiger partial charge on any atom is 0.0781 e. The van der Waals surface area contributed by atoms with Crippen LogP contribution in [0.5, 0.6) is 0 Å². The molecule has 0 bridgehead atoms. The van der Waals surface area contributed by atoms with Crippen molar-refractivity contribution in [3.63, 3.8) is 0 Å². The first-order chi connectivity index (χ1) is 8.68. The Kier molecular flexibility index (Phi) is 3.77. The molecule has 0 aliphatic carbocycles. The van der Waals surface area contributed by atoms with Crippen LogP contribution in [0.2, 0.25) is 15.1 Å². The van der Waals surface area contributed by atoms with Gasteiger partial charge in [0.1, 0.15) is 0 Å². The molecule has 2 fully saturated rings. The molecule has 0 N–H and O–H groups in total. The molecule has 0 amide bonds. The lowest BCUT2D eigenvalue weighted by molar-refractivity contribution is 0.150. The number of hydrogen-bond acceptors (Lipinski definition) is 1. The molecule has 3 rings (SSSR count). The fourth-order valence-corrected chi connectivity index (χ4v) is 4.06. The number of benzene rings is 1. The van der Waals surface area contributed by atoms with Crippen molar-refractivity contribution in [1.82, 2.24) is 4.90 Å². The molecule has 0 spiro atoms. The van der Waals surface area contributed by atoms with Crippen LogP contribution < -0.4 is 0 Å². The predicted molar refractivity (Wildman–Crippen MR) is 77.8 cm³/mol. The number of hydrogen-bond donors (Lipinski definition) is 0. The number of rotatable bonds is 1. The Labute approximate surface area is 123 Å². The lowest BCUT2D eigenvalue weighted by atomic mass is 10.0. The molecule has 1 aromatic carbocycles. The zero-order chi connectivity index (χ0) is 12.7. The summed E-state index contributed by atoms with van der Waals surface area (Å²) in [4.78, 5) is 2.61. The first kappa shape index (κ1) is 13.1. The lowest BCUT2D eigenvalue weighted by Gasteiger charge is -2.34. The minimum atomic E-state index is 0.428. The van der Waals surface area contributed by atoms with E-state index in [0.717, 1.165) is 11.6 Å². The maximum atomic E-state index is 6.37. The lowest BCUT2D eigenvalue weighted by Crippen LogP contribution is -2.35. The quantitative estimate of drug-likeness (QED) is 0.633.